The Kier molecular flexibility index (Phi) is 4.33. The normalized spacial score (nSPS) is 34.4. The van der Waals surface area contributed by atoms with E-state index in [0.717, 1.165) is 12.8 Å². The van der Waals surface area contributed by atoms with Crippen LogP contribution in [0, 0.1) is 5.92 Å². The Bertz CT molecular complexity index is 241. The number of carboxylic acids is 1. The number of aliphatic carboxylic acids is 1. The molecule has 1 aliphatic carbocycles. The number of ether oxygens (including phenoxy) is 1. The maximum Gasteiger partial charge on any atom is 0.335 e. The quantitative estimate of drug-likeness (QED) is 0.773. The molecule has 0 aromatic rings. The lowest BCUT2D eigenvalue weighted by molar-refractivity contribution is -0.187. The van der Waals surface area contributed by atoms with Gasteiger partial charge in [0, 0.05) is 0 Å². The molecular weight excluding hydrogens is 208 g/mol. The van der Waals surface area contributed by atoms with Crippen molar-refractivity contribution in [3.05, 3.63) is 0 Å². The Hall–Kier alpha value is -0.610. The molecule has 4 heteroatoms. The summed E-state index contributed by atoms with van der Waals surface area (Å²) < 4.78 is 5.60. The largest absolute Gasteiger partial charge is 0.479 e. The van der Waals surface area contributed by atoms with Gasteiger partial charge in [0.2, 0.25) is 0 Å². The van der Waals surface area contributed by atoms with E-state index < -0.39 is 23.8 Å². The number of hydrogen-bond donors (Lipinski definition) is 2. The molecule has 2 atom stereocenters. The molecule has 1 rings (SSSR count). The van der Waals surface area contributed by atoms with Gasteiger partial charge in [-0.05, 0) is 45.4 Å². The third-order valence-corrected chi connectivity index (χ3v) is 3.56. The number of carbonyl (C=O) groups is 1. The van der Waals surface area contributed by atoms with Crippen molar-refractivity contribution in [3.8, 4) is 0 Å². The molecule has 94 valence electrons. The Morgan fingerprint density at radius 3 is 2.25 bits per heavy atom. The van der Waals surface area contributed by atoms with Gasteiger partial charge < -0.3 is 14.9 Å². The monoisotopic (exact) mass is 230 g/mol. The van der Waals surface area contributed by atoms with Crippen molar-refractivity contribution in [2.75, 3.05) is 0 Å². The molecule has 1 aliphatic rings. The average Bonchev–Trinajstić information content (AvgIpc) is 2.21. The van der Waals surface area contributed by atoms with Crippen molar-refractivity contribution < 1.29 is 19.7 Å². The summed E-state index contributed by atoms with van der Waals surface area (Å²) in [5.74, 6) is -0.329. The van der Waals surface area contributed by atoms with Gasteiger partial charge in [-0.1, -0.05) is 6.92 Å². The molecule has 2 N–H and O–H groups in total. The second-order valence-corrected chi connectivity index (χ2v) is 5.05. The number of aliphatic hydroxyl groups is 1. The zero-order valence-corrected chi connectivity index (χ0v) is 10.3. The SMILES string of the molecule is CC1CCC(OC(C)C(C)O)(C(=O)O)CC1. The van der Waals surface area contributed by atoms with Gasteiger partial charge in [0.05, 0.1) is 12.2 Å². The summed E-state index contributed by atoms with van der Waals surface area (Å²) in [6, 6.07) is 0. The highest BCUT2D eigenvalue weighted by Crippen LogP contribution is 2.36. The predicted molar refractivity (Wildman–Crippen MR) is 60.2 cm³/mol. The first kappa shape index (κ1) is 13.5. The van der Waals surface area contributed by atoms with Crippen LogP contribution in [-0.4, -0.2) is 34.0 Å². The minimum absolute atomic E-state index is 0.440. The first-order chi connectivity index (χ1) is 7.37. The molecule has 0 aromatic carbocycles. The average molecular weight is 230 g/mol. The highest BCUT2D eigenvalue weighted by molar-refractivity contribution is 5.77. The molecule has 1 saturated carbocycles. The van der Waals surface area contributed by atoms with Crippen molar-refractivity contribution >= 4 is 5.97 Å². The maximum atomic E-state index is 11.3. The topological polar surface area (TPSA) is 66.8 Å². The zero-order chi connectivity index (χ0) is 12.3. The predicted octanol–water partition coefficient (Wildman–Crippen LogP) is 1.81. The lowest BCUT2D eigenvalue weighted by atomic mass is 9.79. The fourth-order valence-electron chi connectivity index (χ4n) is 2.06. The van der Waals surface area contributed by atoms with Crippen LogP contribution in [0.4, 0.5) is 0 Å². The summed E-state index contributed by atoms with van der Waals surface area (Å²) >= 11 is 0. The number of rotatable bonds is 4. The van der Waals surface area contributed by atoms with Gasteiger partial charge in [-0.3, -0.25) is 0 Å². The summed E-state index contributed by atoms with van der Waals surface area (Å²) in [5, 5.41) is 18.7. The fraction of sp³-hybridized carbons (Fsp3) is 0.917. The van der Waals surface area contributed by atoms with Crippen LogP contribution in [0.2, 0.25) is 0 Å². The van der Waals surface area contributed by atoms with Gasteiger partial charge in [-0.25, -0.2) is 4.79 Å². The second-order valence-electron chi connectivity index (χ2n) is 5.05. The van der Waals surface area contributed by atoms with Crippen molar-refractivity contribution in [3.63, 3.8) is 0 Å². The molecule has 0 aromatic heterocycles. The molecule has 0 saturated heterocycles. The Morgan fingerprint density at radius 1 is 1.38 bits per heavy atom. The molecule has 0 heterocycles. The van der Waals surface area contributed by atoms with Crippen LogP contribution < -0.4 is 0 Å². The van der Waals surface area contributed by atoms with Gasteiger partial charge in [-0.15, -0.1) is 0 Å². The van der Waals surface area contributed by atoms with E-state index in [2.05, 4.69) is 6.92 Å². The van der Waals surface area contributed by atoms with Gasteiger partial charge >= 0.3 is 5.97 Å². The lowest BCUT2D eigenvalue weighted by Gasteiger charge is -2.38. The second kappa shape index (κ2) is 5.15. The maximum absolute atomic E-state index is 11.3. The van der Waals surface area contributed by atoms with Gasteiger partial charge in [0.15, 0.2) is 5.60 Å². The Morgan fingerprint density at radius 2 is 1.88 bits per heavy atom. The Labute approximate surface area is 96.6 Å². The van der Waals surface area contributed by atoms with Crippen molar-refractivity contribution in [1.82, 2.24) is 0 Å². The Balaban J connectivity index is 2.70. The minimum Gasteiger partial charge on any atom is -0.479 e. The van der Waals surface area contributed by atoms with Crippen LogP contribution in [-0.2, 0) is 9.53 Å². The molecule has 0 spiro atoms. The van der Waals surface area contributed by atoms with Crippen LogP contribution in [0.15, 0.2) is 0 Å². The molecule has 0 aliphatic heterocycles. The highest BCUT2D eigenvalue weighted by Gasteiger charge is 2.43. The summed E-state index contributed by atoms with van der Waals surface area (Å²) in [4.78, 5) is 11.3. The molecule has 4 nitrogen and oxygen atoms in total. The van der Waals surface area contributed by atoms with E-state index in [0.29, 0.717) is 18.8 Å². The fourth-order valence-corrected chi connectivity index (χ4v) is 2.06. The van der Waals surface area contributed by atoms with Gasteiger partial charge in [0.25, 0.3) is 0 Å². The van der Waals surface area contributed by atoms with Crippen LogP contribution in [0.25, 0.3) is 0 Å². The van der Waals surface area contributed by atoms with E-state index >= 15 is 0 Å². The first-order valence-electron chi connectivity index (χ1n) is 5.96. The molecule has 0 bridgehead atoms. The highest BCUT2D eigenvalue weighted by atomic mass is 16.5. The molecule has 16 heavy (non-hydrogen) atoms. The third-order valence-electron chi connectivity index (χ3n) is 3.56. The van der Waals surface area contributed by atoms with Crippen molar-refractivity contribution in [2.45, 2.75) is 64.3 Å². The van der Waals surface area contributed by atoms with E-state index in [-0.39, 0.29) is 0 Å². The number of aliphatic hydroxyl groups excluding tert-OH is 1. The lowest BCUT2D eigenvalue weighted by Crippen LogP contribution is -2.48. The van der Waals surface area contributed by atoms with Crippen LogP contribution in [0.5, 0.6) is 0 Å². The summed E-state index contributed by atoms with van der Waals surface area (Å²) in [6.07, 6.45) is 1.75. The van der Waals surface area contributed by atoms with Crippen LogP contribution >= 0.6 is 0 Å². The van der Waals surface area contributed by atoms with Crippen LogP contribution in [0.3, 0.4) is 0 Å². The van der Waals surface area contributed by atoms with E-state index in [1.165, 1.54) is 0 Å². The van der Waals surface area contributed by atoms with Crippen molar-refractivity contribution in [2.24, 2.45) is 5.92 Å². The molecular formula is C12H22O4. The molecule has 2 unspecified atom stereocenters. The van der Waals surface area contributed by atoms with E-state index in [9.17, 15) is 15.0 Å². The van der Waals surface area contributed by atoms with E-state index in [1.54, 1.807) is 13.8 Å². The molecule has 0 radical (unpaired) electrons. The van der Waals surface area contributed by atoms with Crippen molar-refractivity contribution in [1.29, 1.82) is 0 Å². The third kappa shape index (κ3) is 2.95. The standard InChI is InChI=1S/C12H22O4/c1-8-4-6-12(7-5-8,11(14)15)16-10(3)9(2)13/h8-10,13H,4-7H2,1-3H3,(H,14,15). The molecule has 1 fully saturated rings. The molecule has 0 amide bonds. The first-order valence-corrected chi connectivity index (χ1v) is 5.96. The summed E-state index contributed by atoms with van der Waals surface area (Å²) in [7, 11) is 0. The summed E-state index contributed by atoms with van der Waals surface area (Å²) in [6.45, 7) is 5.46. The number of carboxylic acid groups (broad SMARTS) is 1. The minimum atomic E-state index is -1.08. The summed E-state index contributed by atoms with van der Waals surface area (Å²) in [5.41, 5.74) is -1.08. The van der Waals surface area contributed by atoms with Gasteiger partial charge in [0.1, 0.15) is 0 Å². The van der Waals surface area contributed by atoms with E-state index in [1.807, 2.05) is 0 Å². The van der Waals surface area contributed by atoms with Crippen LogP contribution in [0.1, 0.15) is 46.5 Å². The number of hydrogen-bond acceptors (Lipinski definition) is 3. The zero-order valence-electron chi connectivity index (χ0n) is 10.3. The van der Waals surface area contributed by atoms with Gasteiger partial charge in [-0.2, -0.15) is 0 Å². The van der Waals surface area contributed by atoms with E-state index in [4.69, 9.17) is 4.74 Å². The smallest absolute Gasteiger partial charge is 0.335 e.